The second kappa shape index (κ2) is 14.6. The van der Waals surface area contributed by atoms with Gasteiger partial charge in [-0.25, -0.2) is 18.6 Å². The fourth-order valence-corrected chi connectivity index (χ4v) is 6.69. The summed E-state index contributed by atoms with van der Waals surface area (Å²) in [5, 5.41) is 2.50. The van der Waals surface area contributed by atoms with E-state index in [1.807, 2.05) is 0 Å². The Morgan fingerprint density at radius 3 is 2.47 bits per heavy atom. The first-order valence-corrected chi connectivity index (χ1v) is 16.7. The van der Waals surface area contributed by atoms with Gasteiger partial charge in [0.05, 0.1) is 31.2 Å². The third kappa shape index (κ3) is 8.14. The highest BCUT2D eigenvalue weighted by Gasteiger charge is 2.50. The lowest BCUT2D eigenvalue weighted by molar-refractivity contribution is -0.235. The van der Waals surface area contributed by atoms with Crippen LogP contribution in [0.25, 0.3) is 11.2 Å². The van der Waals surface area contributed by atoms with Crippen molar-refractivity contribution in [2.24, 2.45) is 5.92 Å². The number of nitrogens with zero attached hydrogens (tertiary/aromatic N) is 5. The molecular formula is C27H37F2N9O10P-. The second-order valence-electron chi connectivity index (χ2n) is 12.1. The minimum atomic E-state index is -5.10. The minimum Gasteiger partial charge on any atom is -0.756 e. The maximum Gasteiger partial charge on any atom is 0.351 e. The third-order valence-electron chi connectivity index (χ3n) is 7.70. The van der Waals surface area contributed by atoms with Gasteiger partial charge in [0.1, 0.15) is 18.0 Å². The number of ether oxygens (including phenoxy) is 3. The Kier molecular flexibility index (Phi) is 10.8. The lowest BCUT2D eigenvalue weighted by Crippen LogP contribution is -2.42. The van der Waals surface area contributed by atoms with Crippen LogP contribution in [0.5, 0.6) is 0 Å². The number of alkyl halides is 2. The Labute approximate surface area is 276 Å². The Morgan fingerprint density at radius 2 is 1.80 bits per heavy atom. The number of imidazole rings is 1. The lowest BCUT2D eigenvalue weighted by atomic mass is 9.95. The first-order chi connectivity index (χ1) is 23.0. The molecule has 5 heterocycles. The van der Waals surface area contributed by atoms with Gasteiger partial charge in [-0.15, -0.1) is 0 Å². The Balaban J connectivity index is 1.33. The molecule has 49 heavy (non-hydrogen) atoms. The molecule has 19 nitrogen and oxygen atoms in total. The van der Waals surface area contributed by atoms with Crippen LogP contribution in [0.2, 0.25) is 0 Å². The standard InChI is InChI=1S/C27H38F2N9O10P/c1-11(2)44-9-15-13(18(28)24(46-15)38-10-33-20-22(38)35-26(31)36-23(20)40)7-17(39)32-8-14-21(48-49(42,43)47-12(3)4)19(29)25(45-14)37-6-5-16(30)34-27(37)41/h5-6,10-15,18-19,21,24-25H,7-9H2,1-4H3,(H,32,39)(H,42,43)(H2,30,34,41)(H3,31,35,36,40)/p-1/t13-,14-,15-,18-,19-,21-,24-,25-/m1/s1. The van der Waals surface area contributed by atoms with Crippen molar-refractivity contribution in [2.75, 3.05) is 24.6 Å². The van der Waals surface area contributed by atoms with Gasteiger partial charge in [-0.05, 0) is 33.8 Å². The van der Waals surface area contributed by atoms with Crippen molar-refractivity contribution in [3.8, 4) is 0 Å². The molecule has 2 aliphatic rings. The molecule has 0 aromatic carbocycles. The monoisotopic (exact) mass is 716 g/mol. The summed E-state index contributed by atoms with van der Waals surface area (Å²) < 4.78 is 73.5. The summed E-state index contributed by atoms with van der Waals surface area (Å²) in [5.41, 5.74) is 9.45. The van der Waals surface area contributed by atoms with Crippen LogP contribution in [0.15, 0.2) is 28.2 Å². The summed E-state index contributed by atoms with van der Waals surface area (Å²) in [6.45, 7) is 5.75. The molecule has 2 aliphatic heterocycles. The number of anilines is 2. The molecule has 0 spiro atoms. The van der Waals surface area contributed by atoms with Crippen LogP contribution in [0.4, 0.5) is 20.5 Å². The molecule has 0 radical (unpaired) electrons. The topological polar surface area (TPSA) is 266 Å². The van der Waals surface area contributed by atoms with Gasteiger partial charge in [0.2, 0.25) is 11.9 Å². The number of amides is 1. The Morgan fingerprint density at radius 1 is 1.10 bits per heavy atom. The number of rotatable bonds is 13. The van der Waals surface area contributed by atoms with Gasteiger partial charge in [0.25, 0.3) is 13.4 Å². The number of carbonyl (C=O) groups excluding carboxylic acids is 1. The fourth-order valence-electron chi connectivity index (χ4n) is 5.57. The number of fused-ring (bicyclic) bond motifs is 1. The molecular weight excluding hydrogens is 679 g/mol. The van der Waals surface area contributed by atoms with Gasteiger partial charge in [0.15, 0.2) is 36.0 Å². The number of nitrogens with two attached hydrogens (primary N) is 2. The van der Waals surface area contributed by atoms with E-state index in [9.17, 15) is 23.8 Å². The quantitative estimate of drug-likeness (QED) is 0.167. The number of phosphoric ester groups is 1. The smallest absolute Gasteiger partial charge is 0.351 e. The number of halogens is 2. The zero-order valence-corrected chi connectivity index (χ0v) is 27.7. The summed E-state index contributed by atoms with van der Waals surface area (Å²) in [6.07, 6.45) is -10.7. The third-order valence-corrected chi connectivity index (χ3v) is 8.88. The van der Waals surface area contributed by atoms with Crippen LogP contribution in [-0.2, 0) is 32.6 Å². The van der Waals surface area contributed by atoms with E-state index in [1.54, 1.807) is 13.8 Å². The van der Waals surface area contributed by atoms with Crippen molar-refractivity contribution >= 4 is 36.7 Å². The number of nitrogens with one attached hydrogen (secondary N) is 2. The number of phosphoric acid groups is 1. The van der Waals surface area contributed by atoms with E-state index in [0.717, 1.165) is 10.8 Å². The van der Waals surface area contributed by atoms with E-state index < -0.39 is 93.1 Å². The zero-order chi connectivity index (χ0) is 35.8. The molecule has 2 saturated heterocycles. The van der Waals surface area contributed by atoms with Crippen LogP contribution >= 0.6 is 7.82 Å². The van der Waals surface area contributed by atoms with Gasteiger partial charge in [0, 0.05) is 25.1 Å². The van der Waals surface area contributed by atoms with E-state index in [0.29, 0.717) is 0 Å². The summed E-state index contributed by atoms with van der Waals surface area (Å²) in [4.78, 5) is 64.4. The summed E-state index contributed by atoms with van der Waals surface area (Å²) in [7, 11) is -5.10. The van der Waals surface area contributed by atoms with E-state index in [-0.39, 0.29) is 35.6 Å². The first kappa shape index (κ1) is 36.4. The molecule has 9 atom stereocenters. The highest BCUT2D eigenvalue weighted by molar-refractivity contribution is 7.45. The number of carbonyl (C=O) groups is 1. The SMILES string of the molecule is CC(C)OC[C@H]1O[C@@H](n2cnc3c(=O)[nH]c(N)nc32)[C@H](F)[C@@H]1CC(=O)NC[C@H]1O[C@@H](n2ccc(N)nc2=O)[C@H](F)[C@@H]1OP(=O)([O-])OC(C)C. The van der Waals surface area contributed by atoms with Crippen LogP contribution < -0.4 is 32.9 Å². The highest BCUT2D eigenvalue weighted by Crippen LogP contribution is 2.46. The molecule has 3 aromatic heterocycles. The number of hydrogen-bond acceptors (Lipinski definition) is 15. The Bertz CT molecular complexity index is 1820. The van der Waals surface area contributed by atoms with Crippen molar-refractivity contribution < 1.29 is 46.3 Å². The molecule has 6 N–H and O–H groups in total. The number of hydrogen-bond donors (Lipinski definition) is 4. The molecule has 0 saturated carbocycles. The van der Waals surface area contributed by atoms with E-state index in [4.69, 9.17) is 34.7 Å². The largest absolute Gasteiger partial charge is 0.756 e. The van der Waals surface area contributed by atoms with E-state index in [1.165, 1.54) is 30.8 Å². The maximum atomic E-state index is 16.2. The van der Waals surface area contributed by atoms with Crippen molar-refractivity contribution in [1.82, 2.24) is 34.4 Å². The molecule has 5 rings (SSSR count). The molecule has 0 aliphatic carbocycles. The number of nitrogen functional groups attached to an aromatic ring is 2. The minimum absolute atomic E-state index is 0.0326. The molecule has 22 heteroatoms. The first-order valence-electron chi connectivity index (χ1n) is 15.3. The van der Waals surface area contributed by atoms with Gasteiger partial charge < -0.3 is 44.9 Å². The van der Waals surface area contributed by atoms with Crippen molar-refractivity contribution in [2.45, 2.75) is 89.4 Å². The normalized spacial score (nSPS) is 28.4. The average Bonchev–Trinajstić information content (AvgIpc) is 3.64. The lowest BCUT2D eigenvalue weighted by Gasteiger charge is -2.30. The molecule has 2 fully saturated rings. The van der Waals surface area contributed by atoms with Crippen LogP contribution in [0.1, 0.15) is 46.6 Å². The van der Waals surface area contributed by atoms with Crippen LogP contribution in [0, 0.1) is 5.92 Å². The van der Waals surface area contributed by atoms with Crippen LogP contribution in [0.3, 0.4) is 0 Å². The van der Waals surface area contributed by atoms with Crippen LogP contribution in [-0.4, -0.2) is 91.0 Å². The zero-order valence-electron chi connectivity index (χ0n) is 26.8. The molecule has 3 aromatic rings. The summed E-state index contributed by atoms with van der Waals surface area (Å²) in [5.74, 6) is -2.20. The van der Waals surface area contributed by atoms with Gasteiger partial charge in [-0.2, -0.15) is 9.97 Å². The van der Waals surface area contributed by atoms with Gasteiger partial charge >= 0.3 is 5.69 Å². The molecule has 1 unspecified atom stereocenters. The number of aromatic amines is 1. The van der Waals surface area contributed by atoms with Crippen molar-refractivity contribution in [3.63, 3.8) is 0 Å². The second-order valence-corrected chi connectivity index (χ2v) is 13.4. The predicted molar refractivity (Wildman–Crippen MR) is 164 cm³/mol. The molecule has 270 valence electrons. The molecule has 1 amide bonds. The molecule has 0 bridgehead atoms. The summed E-state index contributed by atoms with van der Waals surface area (Å²) >= 11 is 0. The van der Waals surface area contributed by atoms with E-state index >= 15 is 8.78 Å². The van der Waals surface area contributed by atoms with Gasteiger partial charge in [-0.1, -0.05) is 0 Å². The Hall–Kier alpha value is -3.85. The predicted octanol–water partition coefficient (Wildman–Crippen LogP) is -0.162. The highest BCUT2D eigenvalue weighted by atomic mass is 31.2. The maximum absolute atomic E-state index is 16.2. The van der Waals surface area contributed by atoms with Gasteiger partial charge in [-0.3, -0.25) is 28.3 Å². The van der Waals surface area contributed by atoms with E-state index in [2.05, 4.69) is 25.3 Å². The fraction of sp³-hybridized carbons (Fsp3) is 0.630. The average molecular weight is 717 g/mol. The summed E-state index contributed by atoms with van der Waals surface area (Å²) in [6, 6.07) is 1.21. The van der Waals surface area contributed by atoms with Crippen molar-refractivity contribution in [3.05, 3.63) is 39.4 Å². The van der Waals surface area contributed by atoms with Crippen molar-refractivity contribution in [1.29, 1.82) is 0 Å². The number of H-pyrrole nitrogens is 1. The number of aromatic nitrogens is 6.